The molecule has 17 heavy (non-hydrogen) atoms. The van der Waals surface area contributed by atoms with Gasteiger partial charge in [0.15, 0.2) is 0 Å². The number of nitro groups is 1. The SMILES string of the molecule is CC(=O)NCCC=Cc1ccc([N+](=O)[O-])cn1. The summed E-state index contributed by atoms with van der Waals surface area (Å²) in [6.45, 7) is 2.03. The zero-order chi connectivity index (χ0) is 12.7. The maximum Gasteiger partial charge on any atom is 0.287 e. The van der Waals surface area contributed by atoms with Crippen LogP contribution in [0.25, 0.3) is 6.08 Å². The van der Waals surface area contributed by atoms with Gasteiger partial charge < -0.3 is 5.32 Å². The fourth-order valence-electron chi connectivity index (χ4n) is 1.14. The lowest BCUT2D eigenvalue weighted by atomic mass is 10.3. The standard InChI is InChI=1S/C11H13N3O3/c1-9(15)12-7-3-2-4-10-5-6-11(8-13-10)14(16)17/h2,4-6,8H,3,7H2,1H3,(H,12,15). The van der Waals surface area contributed by atoms with E-state index in [0.717, 1.165) is 0 Å². The molecule has 0 unspecified atom stereocenters. The van der Waals surface area contributed by atoms with Gasteiger partial charge in [-0.05, 0) is 18.6 Å². The summed E-state index contributed by atoms with van der Waals surface area (Å²) in [4.78, 5) is 24.4. The molecule has 1 heterocycles. The third kappa shape index (κ3) is 4.87. The second kappa shape index (κ2) is 6.37. The molecular formula is C11H13N3O3. The smallest absolute Gasteiger partial charge is 0.287 e. The third-order valence-electron chi connectivity index (χ3n) is 1.96. The minimum absolute atomic E-state index is 0.0274. The Morgan fingerprint density at radius 3 is 2.88 bits per heavy atom. The molecule has 0 radical (unpaired) electrons. The monoisotopic (exact) mass is 235 g/mol. The van der Waals surface area contributed by atoms with E-state index in [2.05, 4.69) is 10.3 Å². The van der Waals surface area contributed by atoms with Crippen LogP contribution in [0.15, 0.2) is 24.4 Å². The Bertz CT molecular complexity index is 426. The number of pyridine rings is 1. The summed E-state index contributed by atoms with van der Waals surface area (Å²) in [5.74, 6) is -0.0631. The Labute approximate surface area is 98.5 Å². The molecule has 0 saturated heterocycles. The van der Waals surface area contributed by atoms with E-state index in [0.29, 0.717) is 18.7 Å². The predicted molar refractivity (Wildman–Crippen MR) is 63.2 cm³/mol. The number of nitrogens with zero attached hydrogens (tertiary/aromatic N) is 2. The molecule has 6 nitrogen and oxygen atoms in total. The van der Waals surface area contributed by atoms with Crippen molar-refractivity contribution >= 4 is 17.7 Å². The van der Waals surface area contributed by atoms with Gasteiger partial charge in [-0.25, -0.2) is 4.98 Å². The van der Waals surface area contributed by atoms with E-state index in [1.807, 2.05) is 6.08 Å². The van der Waals surface area contributed by atoms with Crippen molar-refractivity contribution in [2.75, 3.05) is 6.54 Å². The molecule has 0 bridgehead atoms. The number of hydrogen-bond acceptors (Lipinski definition) is 4. The van der Waals surface area contributed by atoms with Crippen molar-refractivity contribution in [2.24, 2.45) is 0 Å². The minimum atomic E-state index is -0.489. The van der Waals surface area contributed by atoms with Gasteiger partial charge in [-0.2, -0.15) is 0 Å². The van der Waals surface area contributed by atoms with E-state index in [1.54, 1.807) is 12.1 Å². The molecule has 1 amide bonds. The zero-order valence-corrected chi connectivity index (χ0v) is 9.42. The molecule has 0 aliphatic heterocycles. The van der Waals surface area contributed by atoms with Gasteiger partial charge in [0.25, 0.3) is 5.69 Å². The summed E-state index contributed by atoms with van der Waals surface area (Å²) in [6.07, 6.45) is 5.52. The summed E-state index contributed by atoms with van der Waals surface area (Å²) >= 11 is 0. The Morgan fingerprint density at radius 2 is 2.35 bits per heavy atom. The molecule has 0 atom stereocenters. The van der Waals surface area contributed by atoms with Crippen LogP contribution in [0.4, 0.5) is 5.69 Å². The Hall–Kier alpha value is -2.24. The Balaban J connectivity index is 2.43. The molecule has 0 spiro atoms. The number of nitrogens with one attached hydrogen (secondary N) is 1. The van der Waals surface area contributed by atoms with Gasteiger partial charge in [0.2, 0.25) is 5.91 Å². The molecule has 1 rings (SSSR count). The molecule has 90 valence electrons. The van der Waals surface area contributed by atoms with Crippen molar-refractivity contribution in [1.29, 1.82) is 0 Å². The Kier molecular flexibility index (Phi) is 4.80. The normalized spacial score (nSPS) is 10.4. The van der Waals surface area contributed by atoms with Crippen molar-refractivity contribution in [1.82, 2.24) is 10.3 Å². The highest BCUT2D eigenvalue weighted by Gasteiger charge is 2.03. The van der Waals surface area contributed by atoms with Gasteiger partial charge in [-0.15, -0.1) is 0 Å². The van der Waals surface area contributed by atoms with E-state index in [-0.39, 0.29) is 11.6 Å². The molecule has 0 aliphatic rings. The summed E-state index contributed by atoms with van der Waals surface area (Å²) in [7, 11) is 0. The number of amides is 1. The number of aromatic nitrogens is 1. The lowest BCUT2D eigenvalue weighted by Gasteiger charge is -1.96. The molecule has 0 aromatic carbocycles. The topological polar surface area (TPSA) is 85.1 Å². The van der Waals surface area contributed by atoms with Crippen LogP contribution in [0.3, 0.4) is 0 Å². The summed E-state index contributed by atoms with van der Waals surface area (Å²) < 4.78 is 0. The molecule has 1 aromatic rings. The van der Waals surface area contributed by atoms with Gasteiger partial charge in [-0.1, -0.05) is 6.08 Å². The van der Waals surface area contributed by atoms with Gasteiger partial charge in [-0.3, -0.25) is 14.9 Å². The van der Waals surface area contributed by atoms with Crippen molar-refractivity contribution in [3.05, 3.63) is 40.2 Å². The fourth-order valence-corrected chi connectivity index (χ4v) is 1.14. The highest BCUT2D eigenvalue weighted by atomic mass is 16.6. The predicted octanol–water partition coefficient (Wildman–Crippen LogP) is 1.53. The zero-order valence-electron chi connectivity index (χ0n) is 9.42. The van der Waals surface area contributed by atoms with Gasteiger partial charge in [0.1, 0.15) is 6.20 Å². The first-order valence-corrected chi connectivity index (χ1v) is 5.11. The fraction of sp³-hybridized carbons (Fsp3) is 0.273. The highest BCUT2D eigenvalue weighted by Crippen LogP contribution is 2.09. The quantitative estimate of drug-likeness (QED) is 0.476. The van der Waals surface area contributed by atoms with Gasteiger partial charge in [0.05, 0.1) is 10.6 Å². The van der Waals surface area contributed by atoms with Crippen LogP contribution in [0, 0.1) is 10.1 Å². The van der Waals surface area contributed by atoms with Crippen molar-refractivity contribution in [3.63, 3.8) is 0 Å². The van der Waals surface area contributed by atoms with Gasteiger partial charge in [0, 0.05) is 19.5 Å². The average molecular weight is 235 g/mol. The van der Waals surface area contributed by atoms with Crippen molar-refractivity contribution in [2.45, 2.75) is 13.3 Å². The van der Waals surface area contributed by atoms with Crippen LogP contribution in [0.5, 0.6) is 0 Å². The first-order chi connectivity index (χ1) is 8.09. The second-order valence-corrected chi connectivity index (χ2v) is 3.37. The second-order valence-electron chi connectivity index (χ2n) is 3.37. The van der Waals surface area contributed by atoms with Crippen LogP contribution < -0.4 is 5.32 Å². The van der Waals surface area contributed by atoms with Crippen LogP contribution >= 0.6 is 0 Å². The van der Waals surface area contributed by atoms with E-state index in [9.17, 15) is 14.9 Å². The van der Waals surface area contributed by atoms with Crippen LogP contribution in [-0.2, 0) is 4.79 Å². The third-order valence-corrected chi connectivity index (χ3v) is 1.96. The number of carbonyl (C=O) groups is 1. The Morgan fingerprint density at radius 1 is 1.59 bits per heavy atom. The molecule has 1 aromatic heterocycles. The number of hydrogen-bond donors (Lipinski definition) is 1. The molecular weight excluding hydrogens is 222 g/mol. The van der Waals surface area contributed by atoms with Crippen molar-refractivity contribution < 1.29 is 9.72 Å². The first-order valence-electron chi connectivity index (χ1n) is 5.11. The van der Waals surface area contributed by atoms with E-state index in [1.165, 1.54) is 19.2 Å². The minimum Gasteiger partial charge on any atom is -0.356 e. The molecule has 0 saturated carbocycles. The van der Waals surface area contributed by atoms with Crippen molar-refractivity contribution in [3.8, 4) is 0 Å². The van der Waals surface area contributed by atoms with Crippen LogP contribution in [-0.4, -0.2) is 22.4 Å². The maximum absolute atomic E-state index is 10.6. The molecule has 1 N–H and O–H groups in total. The number of carbonyl (C=O) groups excluding carboxylic acids is 1. The van der Waals surface area contributed by atoms with Crippen LogP contribution in [0.2, 0.25) is 0 Å². The molecule has 0 aliphatic carbocycles. The molecule has 0 fully saturated rings. The number of rotatable bonds is 5. The van der Waals surface area contributed by atoms with E-state index in [4.69, 9.17) is 0 Å². The average Bonchev–Trinajstić information content (AvgIpc) is 2.29. The maximum atomic E-state index is 10.6. The summed E-state index contributed by atoms with van der Waals surface area (Å²) in [5, 5.41) is 13.0. The first kappa shape index (κ1) is 12.8. The van der Waals surface area contributed by atoms with E-state index < -0.39 is 4.92 Å². The van der Waals surface area contributed by atoms with E-state index >= 15 is 0 Å². The summed E-state index contributed by atoms with van der Waals surface area (Å²) in [5.41, 5.74) is 0.624. The van der Waals surface area contributed by atoms with Crippen LogP contribution in [0.1, 0.15) is 19.0 Å². The lowest BCUT2D eigenvalue weighted by Crippen LogP contribution is -2.20. The summed E-state index contributed by atoms with van der Waals surface area (Å²) in [6, 6.07) is 2.98. The lowest BCUT2D eigenvalue weighted by molar-refractivity contribution is -0.385. The highest BCUT2D eigenvalue weighted by molar-refractivity contribution is 5.72. The molecule has 6 heteroatoms. The van der Waals surface area contributed by atoms with Gasteiger partial charge >= 0.3 is 0 Å². The largest absolute Gasteiger partial charge is 0.356 e.